The lowest BCUT2D eigenvalue weighted by molar-refractivity contribution is -0.134. The maximum atomic E-state index is 13.3. The second kappa shape index (κ2) is 8.09. The van der Waals surface area contributed by atoms with E-state index in [1.54, 1.807) is 0 Å². The third kappa shape index (κ3) is 3.76. The van der Waals surface area contributed by atoms with Gasteiger partial charge in [-0.1, -0.05) is 26.2 Å². The van der Waals surface area contributed by atoms with E-state index in [4.69, 9.17) is 0 Å². The normalized spacial score (nSPS) is 49.0. The molecule has 0 saturated heterocycles. The van der Waals surface area contributed by atoms with Gasteiger partial charge in [-0.2, -0.15) is 0 Å². The highest BCUT2D eigenvalue weighted by molar-refractivity contribution is 5.80. The first-order chi connectivity index (χ1) is 14.4. The van der Waals surface area contributed by atoms with Crippen LogP contribution in [0.15, 0.2) is 0 Å². The Morgan fingerprint density at radius 1 is 0.867 bits per heavy atom. The second-order valence-corrected chi connectivity index (χ2v) is 12.6. The molecule has 0 aromatic rings. The van der Waals surface area contributed by atoms with E-state index in [0.717, 1.165) is 61.3 Å². The quantitative estimate of drug-likeness (QED) is 0.621. The Balaban J connectivity index is 1.23. The summed E-state index contributed by atoms with van der Waals surface area (Å²) >= 11 is 0. The van der Waals surface area contributed by atoms with E-state index in [1.165, 1.54) is 70.6 Å². The lowest BCUT2D eigenvalue weighted by atomic mass is 9.49. The molecule has 30 heavy (non-hydrogen) atoms. The molecule has 3 heteroatoms. The number of hydrogen-bond donors (Lipinski definition) is 2. The van der Waals surface area contributed by atoms with E-state index in [2.05, 4.69) is 19.2 Å². The number of carbonyl (C=O) groups is 1. The molecule has 0 radical (unpaired) electrons. The smallest absolute Gasteiger partial charge is 0.223 e. The van der Waals surface area contributed by atoms with Crippen LogP contribution in [-0.2, 0) is 4.79 Å². The van der Waals surface area contributed by atoms with Gasteiger partial charge in [0.25, 0.3) is 0 Å². The molecule has 5 saturated carbocycles. The summed E-state index contributed by atoms with van der Waals surface area (Å²) in [4.78, 5) is 13.3. The number of nitrogens with one attached hydrogen (secondary N) is 1. The standard InChI is InChI=1S/C27H45NO2/c1-26(30)14-12-20-19(16-26)8-9-22-21(20)13-15-27(2)23(22)10-11-24(27)25(29)28-17-18-6-4-3-5-7-18/h18-24,30H,3-17H2,1-2H3,(H,28,29)/t19-,20+,21-,22-,23+,24-,26-,27+/m1/s1. The highest BCUT2D eigenvalue weighted by Gasteiger charge is 2.58. The van der Waals surface area contributed by atoms with Crippen molar-refractivity contribution in [1.82, 2.24) is 5.32 Å². The fourth-order valence-electron chi connectivity index (χ4n) is 9.27. The molecule has 5 fully saturated rings. The molecule has 170 valence electrons. The summed E-state index contributed by atoms with van der Waals surface area (Å²) in [6.07, 6.45) is 17.6. The van der Waals surface area contributed by atoms with Gasteiger partial charge in [0.05, 0.1) is 5.60 Å². The average molecular weight is 416 g/mol. The Labute approximate surface area is 184 Å². The van der Waals surface area contributed by atoms with Crippen LogP contribution >= 0.6 is 0 Å². The van der Waals surface area contributed by atoms with Crippen molar-refractivity contribution < 1.29 is 9.90 Å². The van der Waals surface area contributed by atoms with Crippen LogP contribution in [0.3, 0.4) is 0 Å². The van der Waals surface area contributed by atoms with Crippen LogP contribution in [0, 0.1) is 46.8 Å². The SMILES string of the molecule is C[C@@]1(O)CC[C@H]2[C@H](CC[C@@H]3[C@@H]2CC[C@]2(C)[C@@H](C(=O)NCC4CCCCC4)CC[C@@H]32)C1. The van der Waals surface area contributed by atoms with Crippen LogP contribution in [0.4, 0.5) is 0 Å². The third-order valence-electron chi connectivity index (χ3n) is 10.8. The molecule has 2 N–H and O–H groups in total. The summed E-state index contributed by atoms with van der Waals surface area (Å²) < 4.78 is 0. The molecular weight excluding hydrogens is 370 g/mol. The fraction of sp³-hybridized carbons (Fsp3) is 0.963. The summed E-state index contributed by atoms with van der Waals surface area (Å²) in [7, 11) is 0. The van der Waals surface area contributed by atoms with Gasteiger partial charge in [-0.15, -0.1) is 0 Å². The third-order valence-corrected chi connectivity index (χ3v) is 10.8. The predicted octanol–water partition coefficient (Wildman–Crippen LogP) is 5.70. The highest BCUT2D eigenvalue weighted by atomic mass is 16.3. The predicted molar refractivity (Wildman–Crippen MR) is 121 cm³/mol. The van der Waals surface area contributed by atoms with Crippen molar-refractivity contribution in [3.63, 3.8) is 0 Å². The zero-order valence-electron chi connectivity index (χ0n) is 19.5. The lowest BCUT2D eigenvalue weighted by Gasteiger charge is -2.56. The summed E-state index contributed by atoms with van der Waals surface area (Å²) in [5.41, 5.74) is -0.198. The van der Waals surface area contributed by atoms with Gasteiger partial charge < -0.3 is 10.4 Å². The van der Waals surface area contributed by atoms with Crippen molar-refractivity contribution in [2.45, 2.75) is 109 Å². The van der Waals surface area contributed by atoms with Crippen LogP contribution < -0.4 is 5.32 Å². The number of hydrogen-bond acceptors (Lipinski definition) is 2. The van der Waals surface area contributed by atoms with Gasteiger partial charge in [0, 0.05) is 12.5 Å². The molecule has 1 amide bonds. The van der Waals surface area contributed by atoms with Crippen molar-refractivity contribution in [3.8, 4) is 0 Å². The molecule has 5 aliphatic rings. The van der Waals surface area contributed by atoms with Gasteiger partial charge in [-0.05, 0) is 118 Å². The minimum absolute atomic E-state index is 0.227. The Morgan fingerprint density at radius 2 is 1.63 bits per heavy atom. The van der Waals surface area contributed by atoms with Gasteiger partial charge in [0.2, 0.25) is 5.91 Å². The monoisotopic (exact) mass is 415 g/mol. The topological polar surface area (TPSA) is 49.3 Å². The Morgan fingerprint density at radius 3 is 2.43 bits per heavy atom. The number of fused-ring (bicyclic) bond motifs is 5. The van der Waals surface area contributed by atoms with Crippen LogP contribution in [-0.4, -0.2) is 23.2 Å². The van der Waals surface area contributed by atoms with E-state index in [1.807, 2.05) is 0 Å². The van der Waals surface area contributed by atoms with Crippen molar-refractivity contribution in [2.24, 2.45) is 46.8 Å². The minimum Gasteiger partial charge on any atom is -0.390 e. The molecule has 0 aliphatic heterocycles. The van der Waals surface area contributed by atoms with Gasteiger partial charge >= 0.3 is 0 Å². The largest absolute Gasteiger partial charge is 0.390 e. The maximum Gasteiger partial charge on any atom is 0.223 e. The Kier molecular flexibility index (Phi) is 5.74. The Bertz CT molecular complexity index is 639. The van der Waals surface area contributed by atoms with E-state index < -0.39 is 5.60 Å². The number of aliphatic hydroxyl groups is 1. The Hall–Kier alpha value is -0.570. The second-order valence-electron chi connectivity index (χ2n) is 12.6. The molecular formula is C27H45NO2. The van der Waals surface area contributed by atoms with Crippen LogP contribution in [0.5, 0.6) is 0 Å². The van der Waals surface area contributed by atoms with Crippen molar-refractivity contribution in [1.29, 1.82) is 0 Å². The highest BCUT2D eigenvalue weighted by Crippen LogP contribution is 2.64. The van der Waals surface area contributed by atoms with Gasteiger partial charge in [0.1, 0.15) is 0 Å². The summed E-state index contributed by atoms with van der Waals surface area (Å²) in [5, 5.41) is 14.0. The number of amides is 1. The fourth-order valence-corrected chi connectivity index (χ4v) is 9.27. The average Bonchev–Trinajstić information content (AvgIpc) is 3.09. The summed E-state index contributed by atoms with van der Waals surface area (Å²) in [6.45, 7) is 5.45. The van der Waals surface area contributed by atoms with E-state index in [-0.39, 0.29) is 11.3 Å². The molecule has 5 rings (SSSR count). The lowest BCUT2D eigenvalue weighted by Crippen LogP contribution is -2.52. The van der Waals surface area contributed by atoms with Crippen LogP contribution in [0.2, 0.25) is 0 Å². The van der Waals surface area contributed by atoms with Crippen molar-refractivity contribution >= 4 is 5.91 Å². The molecule has 0 aromatic heterocycles. The number of rotatable bonds is 3. The van der Waals surface area contributed by atoms with Gasteiger partial charge in [-0.25, -0.2) is 0 Å². The molecule has 0 aromatic carbocycles. The molecule has 8 atom stereocenters. The van der Waals surface area contributed by atoms with E-state index >= 15 is 0 Å². The maximum absolute atomic E-state index is 13.3. The summed E-state index contributed by atoms with van der Waals surface area (Å²) in [6, 6.07) is 0. The first-order valence-electron chi connectivity index (χ1n) is 13.4. The van der Waals surface area contributed by atoms with E-state index in [0.29, 0.717) is 5.91 Å². The van der Waals surface area contributed by atoms with Crippen molar-refractivity contribution in [3.05, 3.63) is 0 Å². The zero-order chi connectivity index (χ0) is 20.9. The van der Waals surface area contributed by atoms with Crippen LogP contribution in [0.1, 0.15) is 104 Å². The first-order valence-corrected chi connectivity index (χ1v) is 13.4. The van der Waals surface area contributed by atoms with E-state index in [9.17, 15) is 9.90 Å². The molecule has 0 spiro atoms. The van der Waals surface area contributed by atoms with Crippen molar-refractivity contribution in [2.75, 3.05) is 6.54 Å². The molecule has 3 nitrogen and oxygen atoms in total. The molecule has 0 unspecified atom stereocenters. The summed E-state index contributed by atoms with van der Waals surface area (Å²) in [5.74, 6) is 5.39. The zero-order valence-corrected chi connectivity index (χ0v) is 19.5. The first kappa shape index (κ1) is 21.3. The molecule has 5 aliphatic carbocycles. The van der Waals surface area contributed by atoms with Gasteiger partial charge in [-0.3, -0.25) is 4.79 Å². The molecule has 0 bridgehead atoms. The molecule has 0 heterocycles. The van der Waals surface area contributed by atoms with Crippen LogP contribution in [0.25, 0.3) is 0 Å². The van der Waals surface area contributed by atoms with Gasteiger partial charge in [0.15, 0.2) is 0 Å². The minimum atomic E-state index is -0.425. The number of carbonyl (C=O) groups excluding carboxylic acids is 1.